The van der Waals surface area contributed by atoms with Gasteiger partial charge in [-0.25, -0.2) is 9.78 Å². The van der Waals surface area contributed by atoms with E-state index in [4.69, 9.17) is 16.7 Å². The number of hydrogen-bond donors (Lipinski definition) is 2. The highest BCUT2D eigenvalue weighted by Gasteiger charge is 2.16. The molecular weight excluding hydrogens is 240 g/mol. The van der Waals surface area contributed by atoms with Gasteiger partial charge in [-0.3, -0.25) is 0 Å². The van der Waals surface area contributed by atoms with Gasteiger partial charge in [-0.2, -0.15) is 0 Å². The fraction of sp³-hybridized carbons (Fsp3) is 0.500. The lowest BCUT2D eigenvalue weighted by Gasteiger charge is -2.21. The van der Waals surface area contributed by atoms with Crippen LogP contribution in [0.2, 0.25) is 5.02 Å². The Morgan fingerprint density at radius 3 is 2.76 bits per heavy atom. The molecule has 1 heterocycles. The van der Waals surface area contributed by atoms with Crippen LogP contribution in [-0.4, -0.2) is 22.1 Å². The highest BCUT2D eigenvalue weighted by molar-refractivity contribution is 6.35. The summed E-state index contributed by atoms with van der Waals surface area (Å²) < 4.78 is 0. The van der Waals surface area contributed by atoms with Gasteiger partial charge in [-0.15, -0.1) is 0 Å². The lowest BCUT2D eigenvalue weighted by Crippen LogP contribution is -2.24. The van der Waals surface area contributed by atoms with E-state index in [1.54, 1.807) is 0 Å². The zero-order valence-corrected chi connectivity index (χ0v) is 11.0. The molecule has 2 unspecified atom stereocenters. The topological polar surface area (TPSA) is 62.2 Å². The molecule has 1 aromatic heterocycles. The predicted octanol–water partition coefficient (Wildman–Crippen LogP) is 3.28. The molecule has 0 spiro atoms. The molecule has 0 fully saturated rings. The molecule has 1 rings (SSSR count). The smallest absolute Gasteiger partial charge is 0.337 e. The van der Waals surface area contributed by atoms with Crippen LogP contribution in [0.15, 0.2) is 12.3 Å². The van der Waals surface area contributed by atoms with Crippen LogP contribution < -0.4 is 5.32 Å². The Balaban J connectivity index is 2.92. The number of aromatic carboxylic acids is 1. The summed E-state index contributed by atoms with van der Waals surface area (Å²) in [6.45, 7) is 6.25. The van der Waals surface area contributed by atoms with E-state index in [-0.39, 0.29) is 16.6 Å². The second kappa shape index (κ2) is 5.87. The number of rotatable bonds is 5. The zero-order valence-electron chi connectivity index (χ0n) is 10.2. The summed E-state index contributed by atoms with van der Waals surface area (Å²) >= 11 is 5.99. The molecule has 0 saturated heterocycles. The van der Waals surface area contributed by atoms with Gasteiger partial charge >= 0.3 is 5.97 Å². The molecule has 2 N–H and O–H groups in total. The molecule has 0 saturated carbocycles. The maximum absolute atomic E-state index is 10.9. The number of aromatic nitrogens is 1. The monoisotopic (exact) mass is 256 g/mol. The van der Waals surface area contributed by atoms with Crippen LogP contribution in [0.4, 0.5) is 5.82 Å². The summed E-state index contributed by atoms with van der Waals surface area (Å²) in [5.41, 5.74) is 0.0699. The minimum Gasteiger partial charge on any atom is -0.478 e. The number of nitrogens with one attached hydrogen (secondary N) is 1. The summed E-state index contributed by atoms with van der Waals surface area (Å²) in [6, 6.07) is 1.58. The summed E-state index contributed by atoms with van der Waals surface area (Å²) in [4.78, 5) is 15.0. The SMILES string of the molecule is CCC(C)C(C)Nc1nccc(C(=O)O)c1Cl. The van der Waals surface area contributed by atoms with Gasteiger partial charge in [0.25, 0.3) is 0 Å². The van der Waals surface area contributed by atoms with Crippen molar-refractivity contribution < 1.29 is 9.90 Å². The molecule has 1 aromatic rings. The molecule has 0 aliphatic heterocycles. The Morgan fingerprint density at radius 1 is 1.59 bits per heavy atom. The second-order valence-electron chi connectivity index (χ2n) is 4.14. The minimum absolute atomic E-state index is 0.0699. The maximum atomic E-state index is 10.9. The van der Waals surface area contributed by atoms with Gasteiger partial charge in [0.05, 0.1) is 10.6 Å². The number of nitrogens with zero attached hydrogens (tertiary/aromatic N) is 1. The third-order valence-corrected chi connectivity index (χ3v) is 3.36. The highest BCUT2D eigenvalue weighted by atomic mass is 35.5. The summed E-state index contributed by atoms with van der Waals surface area (Å²) in [6.07, 6.45) is 2.48. The Bertz CT molecular complexity index is 409. The van der Waals surface area contributed by atoms with Crippen LogP contribution in [0.1, 0.15) is 37.6 Å². The molecule has 0 aliphatic carbocycles. The van der Waals surface area contributed by atoms with Crippen LogP contribution in [0.25, 0.3) is 0 Å². The Kier molecular flexibility index (Phi) is 4.75. The Morgan fingerprint density at radius 2 is 2.24 bits per heavy atom. The van der Waals surface area contributed by atoms with Crippen molar-refractivity contribution in [2.45, 2.75) is 33.2 Å². The number of pyridine rings is 1. The van der Waals surface area contributed by atoms with E-state index in [9.17, 15) is 4.79 Å². The third-order valence-electron chi connectivity index (χ3n) is 2.98. The molecule has 5 heteroatoms. The molecule has 17 heavy (non-hydrogen) atoms. The molecule has 2 atom stereocenters. The maximum Gasteiger partial charge on any atom is 0.337 e. The first-order valence-electron chi connectivity index (χ1n) is 5.61. The van der Waals surface area contributed by atoms with E-state index in [1.165, 1.54) is 12.3 Å². The fourth-order valence-corrected chi connectivity index (χ4v) is 1.67. The molecular formula is C12H17ClN2O2. The Hall–Kier alpha value is -1.29. The van der Waals surface area contributed by atoms with Crippen molar-refractivity contribution in [1.29, 1.82) is 0 Å². The van der Waals surface area contributed by atoms with Crippen LogP contribution >= 0.6 is 11.6 Å². The van der Waals surface area contributed by atoms with Crippen LogP contribution in [-0.2, 0) is 0 Å². The molecule has 0 bridgehead atoms. The van der Waals surface area contributed by atoms with Crippen molar-refractivity contribution in [2.75, 3.05) is 5.32 Å². The predicted molar refractivity (Wildman–Crippen MR) is 68.7 cm³/mol. The molecule has 4 nitrogen and oxygen atoms in total. The number of anilines is 1. The molecule has 0 amide bonds. The molecule has 0 aliphatic rings. The lowest BCUT2D eigenvalue weighted by molar-refractivity contribution is 0.0697. The number of carboxylic acids is 1. The van der Waals surface area contributed by atoms with E-state index in [2.05, 4.69) is 24.1 Å². The Labute approximate surface area is 106 Å². The average molecular weight is 257 g/mol. The quantitative estimate of drug-likeness (QED) is 0.849. The largest absolute Gasteiger partial charge is 0.478 e. The number of hydrogen-bond acceptors (Lipinski definition) is 3. The van der Waals surface area contributed by atoms with E-state index in [0.717, 1.165) is 6.42 Å². The van der Waals surface area contributed by atoms with Gasteiger partial charge in [-0.05, 0) is 18.9 Å². The van der Waals surface area contributed by atoms with Crippen molar-refractivity contribution in [3.8, 4) is 0 Å². The summed E-state index contributed by atoms with van der Waals surface area (Å²) in [7, 11) is 0. The molecule has 0 aromatic carbocycles. The van der Waals surface area contributed by atoms with E-state index in [1.807, 2.05) is 6.92 Å². The van der Waals surface area contributed by atoms with Gasteiger partial charge in [0.1, 0.15) is 5.82 Å². The van der Waals surface area contributed by atoms with Crippen molar-refractivity contribution in [1.82, 2.24) is 4.98 Å². The van der Waals surface area contributed by atoms with Crippen LogP contribution in [0.3, 0.4) is 0 Å². The normalized spacial score (nSPS) is 14.1. The number of halogens is 1. The van der Waals surface area contributed by atoms with Crippen molar-refractivity contribution in [3.63, 3.8) is 0 Å². The first-order chi connectivity index (χ1) is 7.97. The highest BCUT2D eigenvalue weighted by Crippen LogP contribution is 2.25. The number of carboxylic acid groups (broad SMARTS) is 1. The first-order valence-corrected chi connectivity index (χ1v) is 5.99. The van der Waals surface area contributed by atoms with Gasteiger partial charge < -0.3 is 10.4 Å². The standard InChI is InChI=1S/C12H17ClN2O2/c1-4-7(2)8(3)15-11-10(13)9(12(16)17)5-6-14-11/h5-8H,4H2,1-3H3,(H,14,15)(H,16,17). The molecule has 0 radical (unpaired) electrons. The second-order valence-corrected chi connectivity index (χ2v) is 4.52. The zero-order chi connectivity index (χ0) is 13.0. The van der Waals surface area contributed by atoms with Crippen molar-refractivity contribution >= 4 is 23.4 Å². The van der Waals surface area contributed by atoms with E-state index in [0.29, 0.717) is 11.7 Å². The number of carbonyl (C=O) groups is 1. The van der Waals surface area contributed by atoms with Crippen LogP contribution in [0, 0.1) is 5.92 Å². The summed E-state index contributed by atoms with van der Waals surface area (Å²) in [5.74, 6) is -0.155. The summed E-state index contributed by atoms with van der Waals surface area (Å²) in [5, 5.41) is 12.3. The van der Waals surface area contributed by atoms with E-state index < -0.39 is 5.97 Å². The average Bonchev–Trinajstić information content (AvgIpc) is 2.30. The van der Waals surface area contributed by atoms with Gasteiger partial charge in [0.15, 0.2) is 0 Å². The van der Waals surface area contributed by atoms with Gasteiger partial charge in [0, 0.05) is 12.2 Å². The van der Waals surface area contributed by atoms with Crippen molar-refractivity contribution in [2.24, 2.45) is 5.92 Å². The van der Waals surface area contributed by atoms with E-state index >= 15 is 0 Å². The van der Waals surface area contributed by atoms with Gasteiger partial charge in [0.2, 0.25) is 0 Å². The lowest BCUT2D eigenvalue weighted by atomic mass is 10.0. The van der Waals surface area contributed by atoms with Crippen molar-refractivity contribution in [3.05, 3.63) is 22.8 Å². The minimum atomic E-state index is -1.04. The van der Waals surface area contributed by atoms with Crippen LogP contribution in [0.5, 0.6) is 0 Å². The first kappa shape index (κ1) is 13.8. The third kappa shape index (κ3) is 3.33. The fourth-order valence-electron chi connectivity index (χ4n) is 1.42. The molecule has 94 valence electrons. The van der Waals surface area contributed by atoms with Gasteiger partial charge in [-0.1, -0.05) is 31.9 Å².